The first-order valence-corrected chi connectivity index (χ1v) is 5.62. The second-order valence-electron chi connectivity index (χ2n) is 3.43. The number of hydrogen-bond acceptors (Lipinski definition) is 4. The van der Waals surface area contributed by atoms with Crippen molar-refractivity contribution in [2.75, 3.05) is 13.2 Å². The molecule has 0 aliphatic carbocycles. The van der Waals surface area contributed by atoms with Gasteiger partial charge in [0.05, 0.1) is 5.56 Å². The van der Waals surface area contributed by atoms with Crippen LogP contribution < -0.4 is 0 Å². The number of hydrogen-bond donors (Lipinski definition) is 0. The minimum absolute atomic E-state index is 0.193. The predicted molar refractivity (Wildman–Crippen MR) is 62.6 cm³/mol. The van der Waals surface area contributed by atoms with Gasteiger partial charge >= 0.3 is 11.9 Å². The summed E-state index contributed by atoms with van der Waals surface area (Å²) in [5, 5.41) is 0. The quantitative estimate of drug-likeness (QED) is 0.431. The normalized spacial score (nSPS) is 9.94. The Morgan fingerprint density at radius 1 is 1.18 bits per heavy atom. The monoisotopic (exact) mass is 236 g/mol. The Labute approximate surface area is 101 Å². The molecule has 0 radical (unpaired) electrons. The molecular formula is C13H16O4. The van der Waals surface area contributed by atoms with E-state index in [4.69, 9.17) is 4.74 Å². The molecular weight excluding hydrogens is 220 g/mol. The Morgan fingerprint density at radius 2 is 1.88 bits per heavy atom. The van der Waals surface area contributed by atoms with E-state index in [0.717, 1.165) is 0 Å². The number of carbonyl (C=O) groups is 2. The molecule has 0 fully saturated rings. The summed E-state index contributed by atoms with van der Waals surface area (Å²) in [5.41, 5.74) is 0.380. The third kappa shape index (κ3) is 5.26. The molecule has 0 amide bonds. The van der Waals surface area contributed by atoms with Crippen molar-refractivity contribution in [3.63, 3.8) is 0 Å². The number of rotatable bonds is 6. The van der Waals surface area contributed by atoms with Gasteiger partial charge < -0.3 is 9.47 Å². The molecule has 0 N–H and O–H groups in total. The van der Waals surface area contributed by atoms with Crippen LogP contribution in [0.3, 0.4) is 0 Å². The fraction of sp³-hybridized carbons (Fsp3) is 0.385. The van der Waals surface area contributed by atoms with Crippen molar-refractivity contribution in [2.24, 2.45) is 0 Å². The molecule has 0 saturated carbocycles. The molecule has 1 rings (SSSR count). The Hall–Kier alpha value is -1.68. The van der Waals surface area contributed by atoms with Gasteiger partial charge in [-0.25, -0.2) is 4.79 Å². The zero-order chi connectivity index (χ0) is 12.5. The van der Waals surface area contributed by atoms with Crippen molar-refractivity contribution < 1.29 is 19.1 Å². The van der Waals surface area contributed by atoms with Gasteiger partial charge in [-0.3, -0.25) is 4.79 Å². The number of carbonyl (C=O) groups excluding carboxylic acids is 2. The Kier molecular flexibility index (Phi) is 5.96. The van der Waals surface area contributed by atoms with Crippen molar-refractivity contribution >= 4 is 11.9 Å². The first-order chi connectivity index (χ1) is 8.24. The van der Waals surface area contributed by atoms with E-state index in [2.05, 4.69) is 4.74 Å². The third-order valence-corrected chi connectivity index (χ3v) is 2.09. The van der Waals surface area contributed by atoms with Gasteiger partial charge in [0.15, 0.2) is 0 Å². The van der Waals surface area contributed by atoms with Gasteiger partial charge in [0.25, 0.3) is 0 Å². The van der Waals surface area contributed by atoms with Crippen LogP contribution in [0.5, 0.6) is 0 Å². The third-order valence-electron chi connectivity index (χ3n) is 2.09. The van der Waals surface area contributed by atoms with Gasteiger partial charge in [-0.15, -0.1) is 0 Å². The molecule has 0 aromatic heterocycles. The number of esters is 2. The fourth-order valence-electron chi connectivity index (χ4n) is 1.25. The van der Waals surface area contributed by atoms with E-state index in [-0.39, 0.29) is 6.42 Å². The molecule has 92 valence electrons. The molecule has 0 atom stereocenters. The van der Waals surface area contributed by atoms with Crippen LogP contribution in [0.1, 0.15) is 30.1 Å². The van der Waals surface area contributed by atoms with E-state index >= 15 is 0 Å². The van der Waals surface area contributed by atoms with Gasteiger partial charge in [-0.05, 0) is 25.5 Å². The van der Waals surface area contributed by atoms with E-state index in [1.165, 1.54) is 0 Å². The van der Waals surface area contributed by atoms with Crippen LogP contribution in [0.25, 0.3) is 0 Å². The van der Waals surface area contributed by atoms with Crippen LogP contribution in [0.4, 0.5) is 0 Å². The molecule has 0 spiro atoms. The molecule has 4 nitrogen and oxygen atoms in total. The van der Waals surface area contributed by atoms with Gasteiger partial charge in [-0.1, -0.05) is 18.2 Å². The summed E-state index contributed by atoms with van der Waals surface area (Å²) in [5.74, 6) is -1.12. The predicted octanol–water partition coefficient (Wildman–Crippen LogP) is 2.19. The zero-order valence-electron chi connectivity index (χ0n) is 9.85. The van der Waals surface area contributed by atoms with Crippen molar-refractivity contribution in [2.45, 2.75) is 19.8 Å². The summed E-state index contributed by atoms with van der Waals surface area (Å²) >= 11 is 0. The van der Waals surface area contributed by atoms with E-state index in [1.54, 1.807) is 30.3 Å². The second kappa shape index (κ2) is 7.57. The Bertz CT molecular complexity index is 359. The van der Waals surface area contributed by atoms with Crippen molar-refractivity contribution in [1.29, 1.82) is 0 Å². The minimum Gasteiger partial charge on any atom is -0.389 e. The summed E-state index contributed by atoms with van der Waals surface area (Å²) in [7, 11) is 0. The van der Waals surface area contributed by atoms with Gasteiger partial charge in [0, 0.05) is 19.6 Å². The average Bonchev–Trinajstić information content (AvgIpc) is 2.36. The van der Waals surface area contributed by atoms with E-state index in [9.17, 15) is 9.59 Å². The zero-order valence-corrected chi connectivity index (χ0v) is 9.85. The summed E-state index contributed by atoms with van der Waals surface area (Å²) < 4.78 is 9.76. The van der Waals surface area contributed by atoms with E-state index < -0.39 is 11.9 Å². The van der Waals surface area contributed by atoms with Crippen molar-refractivity contribution in [3.05, 3.63) is 35.9 Å². The highest BCUT2D eigenvalue weighted by Crippen LogP contribution is 2.03. The molecule has 0 saturated heterocycles. The van der Waals surface area contributed by atoms with E-state index in [0.29, 0.717) is 25.2 Å². The molecule has 17 heavy (non-hydrogen) atoms. The number of ether oxygens (including phenoxy) is 2. The average molecular weight is 236 g/mol. The van der Waals surface area contributed by atoms with Gasteiger partial charge in [0.1, 0.15) is 0 Å². The standard InChI is InChI=1S/C13H16O4/c1-2-16-10-6-9-12(14)17-13(15)11-7-4-3-5-8-11/h3-5,7-8H,2,6,9-10H2,1H3. The molecule has 0 heterocycles. The maximum atomic E-state index is 11.5. The summed E-state index contributed by atoms with van der Waals surface area (Å²) in [6.45, 7) is 3.01. The summed E-state index contributed by atoms with van der Waals surface area (Å²) in [4.78, 5) is 22.8. The lowest BCUT2D eigenvalue weighted by atomic mass is 10.2. The molecule has 0 bridgehead atoms. The molecule has 1 aromatic rings. The van der Waals surface area contributed by atoms with Crippen molar-refractivity contribution in [3.8, 4) is 0 Å². The molecule has 4 heteroatoms. The molecule has 0 aliphatic rings. The second-order valence-corrected chi connectivity index (χ2v) is 3.43. The highest BCUT2D eigenvalue weighted by atomic mass is 16.6. The Balaban J connectivity index is 2.29. The molecule has 1 aromatic carbocycles. The smallest absolute Gasteiger partial charge is 0.345 e. The highest BCUT2D eigenvalue weighted by molar-refractivity contribution is 5.96. The van der Waals surface area contributed by atoms with E-state index in [1.807, 2.05) is 6.92 Å². The van der Waals surface area contributed by atoms with Gasteiger partial charge in [-0.2, -0.15) is 0 Å². The van der Waals surface area contributed by atoms with Crippen LogP contribution in [0.15, 0.2) is 30.3 Å². The topological polar surface area (TPSA) is 52.6 Å². The highest BCUT2D eigenvalue weighted by Gasteiger charge is 2.11. The van der Waals surface area contributed by atoms with Crippen molar-refractivity contribution in [1.82, 2.24) is 0 Å². The van der Waals surface area contributed by atoms with Crippen LogP contribution in [-0.4, -0.2) is 25.2 Å². The van der Waals surface area contributed by atoms with Gasteiger partial charge in [0.2, 0.25) is 0 Å². The SMILES string of the molecule is CCOCCCC(=O)OC(=O)c1ccccc1. The lowest BCUT2D eigenvalue weighted by Gasteiger charge is -2.03. The first-order valence-electron chi connectivity index (χ1n) is 5.62. The molecule has 0 aliphatic heterocycles. The first kappa shape index (κ1) is 13.4. The summed E-state index contributed by atoms with van der Waals surface area (Å²) in [6, 6.07) is 8.44. The Morgan fingerprint density at radius 3 is 2.53 bits per heavy atom. The van der Waals surface area contributed by atoms with Crippen LogP contribution in [-0.2, 0) is 14.3 Å². The maximum absolute atomic E-state index is 11.5. The van der Waals surface area contributed by atoms with Crippen LogP contribution >= 0.6 is 0 Å². The lowest BCUT2D eigenvalue weighted by molar-refractivity contribution is -0.138. The van der Waals surface area contributed by atoms with Crippen LogP contribution in [0.2, 0.25) is 0 Å². The lowest BCUT2D eigenvalue weighted by Crippen LogP contribution is -2.13. The summed E-state index contributed by atoms with van der Waals surface area (Å²) in [6.07, 6.45) is 0.757. The fourth-order valence-corrected chi connectivity index (χ4v) is 1.25. The largest absolute Gasteiger partial charge is 0.389 e. The van der Waals surface area contributed by atoms with Crippen LogP contribution in [0, 0.1) is 0 Å². The minimum atomic E-state index is -0.605. The molecule has 0 unspecified atom stereocenters. The maximum Gasteiger partial charge on any atom is 0.345 e. The number of benzene rings is 1.